The van der Waals surface area contributed by atoms with E-state index in [1.165, 1.54) is 0 Å². The number of aryl methyl sites for hydroxylation is 1. The summed E-state index contributed by atoms with van der Waals surface area (Å²) in [6, 6.07) is 5.71. The van der Waals surface area contributed by atoms with E-state index in [1.807, 2.05) is 18.2 Å². The lowest BCUT2D eigenvalue weighted by atomic mass is 10.1. The number of benzene rings is 1. The van der Waals surface area contributed by atoms with Crippen molar-refractivity contribution in [1.29, 1.82) is 0 Å². The first-order valence-electron chi connectivity index (χ1n) is 4.51. The van der Waals surface area contributed by atoms with Crippen LogP contribution in [0, 0.1) is 0 Å². The second-order valence-electron chi connectivity index (χ2n) is 3.00. The lowest BCUT2D eigenvalue weighted by Gasteiger charge is -2.08. The maximum absolute atomic E-state index is 8.67. The van der Waals surface area contributed by atoms with Crippen LogP contribution >= 0.6 is 0 Å². The van der Waals surface area contributed by atoms with Crippen molar-refractivity contribution < 1.29 is 5.11 Å². The molecule has 0 aliphatic rings. The summed E-state index contributed by atoms with van der Waals surface area (Å²) in [5, 5.41) is 11.5. The number of hydrogen-bond acceptors (Lipinski definition) is 3. The molecule has 0 saturated carbocycles. The Labute approximate surface area is 78.6 Å². The van der Waals surface area contributed by atoms with Crippen molar-refractivity contribution in [1.82, 2.24) is 0 Å². The second-order valence-corrected chi connectivity index (χ2v) is 3.00. The normalized spacial score (nSPS) is 10.0. The average molecular weight is 180 g/mol. The molecular formula is C10H16N2O. The average Bonchev–Trinajstić information content (AvgIpc) is 2.12. The zero-order valence-corrected chi connectivity index (χ0v) is 7.88. The smallest absolute Gasteiger partial charge is 0.113 e. The van der Waals surface area contributed by atoms with Crippen molar-refractivity contribution >= 4 is 11.4 Å². The van der Waals surface area contributed by atoms with Gasteiger partial charge in [-0.3, -0.25) is 0 Å². The summed E-state index contributed by atoms with van der Waals surface area (Å²) in [5.74, 6) is 0. The van der Waals surface area contributed by atoms with Gasteiger partial charge in [-0.2, -0.15) is 0 Å². The van der Waals surface area contributed by atoms with Crippen LogP contribution in [0.5, 0.6) is 0 Å². The van der Waals surface area contributed by atoms with Gasteiger partial charge < -0.3 is 16.2 Å². The zero-order valence-electron chi connectivity index (χ0n) is 7.88. The van der Waals surface area contributed by atoms with E-state index >= 15 is 0 Å². The van der Waals surface area contributed by atoms with Crippen LogP contribution < -0.4 is 11.1 Å². The quantitative estimate of drug-likeness (QED) is 0.487. The van der Waals surface area contributed by atoms with Crippen LogP contribution in [0.1, 0.15) is 18.9 Å². The molecule has 0 aliphatic heterocycles. The monoisotopic (exact) mass is 180 g/mol. The minimum atomic E-state index is -0.0461. The number of nitrogens with two attached hydrogens (primary N) is 1. The van der Waals surface area contributed by atoms with Gasteiger partial charge in [-0.25, -0.2) is 0 Å². The van der Waals surface area contributed by atoms with Crippen molar-refractivity contribution in [2.45, 2.75) is 19.8 Å². The van der Waals surface area contributed by atoms with E-state index in [-0.39, 0.29) is 6.73 Å². The fourth-order valence-corrected chi connectivity index (χ4v) is 1.29. The summed E-state index contributed by atoms with van der Waals surface area (Å²) >= 11 is 0. The van der Waals surface area contributed by atoms with Crippen LogP contribution in [-0.4, -0.2) is 11.8 Å². The first-order valence-corrected chi connectivity index (χ1v) is 4.51. The van der Waals surface area contributed by atoms with Gasteiger partial charge in [0.2, 0.25) is 0 Å². The Hall–Kier alpha value is -1.22. The highest BCUT2D eigenvalue weighted by Crippen LogP contribution is 2.18. The van der Waals surface area contributed by atoms with Crippen molar-refractivity contribution in [2.24, 2.45) is 0 Å². The largest absolute Gasteiger partial charge is 0.399 e. The van der Waals surface area contributed by atoms with Crippen LogP contribution in [0.15, 0.2) is 18.2 Å². The standard InChI is InChI=1S/C10H16N2O/c1-2-3-8-6-9(12-7-13)4-5-10(8)11/h4-6,12-13H,2-3,7,11H2,1H3. The van der Waals surface area contributed by atoms with Gasteiger partial charge in [0, 0.05) is 11.4 Å². The van der Waals surface area contributed by atoms with Crippen LogP contribution in [0.25, 0.3) is 0 Å². The molecule has 0 heterocycles. The molecule has 13 heavy (non-hydrogen) atoms. The molecule has 0 aliphatic carbocycles. The minimum absolute atomic E-state index is 0.0461. The van der Waals surface area contributed by atoms with Crippen molar-refractivity contribution in [2.75, 3.05) is 17.8 Å². The highest BCUT2D eigenvalue weighted by molar-refractivity contribution is 5.57. The predicted octanol–water partition coefficient (Wildman–Crippen LogP) is 1.58. The van der Waals surface area contributed by atoms with E-state index in [1.54, 1.807) is 0 Å². The molecule has 0 fully saturated rings. The number of nitrogen functional groups attached to an aromatic ring is 1. The first kappa shape index (κ1) is 9.86. The van der Waals surface area contributed by atoms with Gasteiger partial charge in [0.25, 0.3) is 0 Å². The van der Waals surface area contributed by atoms with E-state index in [0.29, 0.717) is 0 Å². The predicted molar refractivity (Wildman–Crippen MR) is 55.6 cm³/mol. The van der Waals surface area contributed by atoms with Gasteiger partial charge in [-0.1, -0.05) is 13.3 Å². The van der Waals surface area contributed by atoms with Gasteiger partial charge in [-0.15, -0.1) is 0 Å². The minimum Gasteiger partial charge on any atom is -0.399 e. The number of aliphatic hydroxyl groups is 1. The van der Waals surface area contributed by atoms with Gasteiger partial charge >= 0.3 is 0 Å². The third kappa shape index (κ3) is 2.63. The molecule has 1 rings (SSSR count). The van der Waals surface area contributed by atoms with Crippen molar-refractivity contribution in [3.63, 3.8) is 0 Å². The van der Waals surface area contributed by atoms with Crippen molar-refractivity contribution in [3.05, 3.63) is 23.8 Å². The summed E-state index contributed by atoms with van der Waals surface area (Å²) in [7, 11) is 0. The molecule has 72 valence electrons. The third-order valence-electron chi connectivity index (χ3n) is 1.95. The summed E-state index contributed by atoms with van der Waals surface area (Å²) < 4.78 is 0. The molecule has 4 N–H and O–H groups in total. The zero-order chi connectivity index (χ0) is 9.68. The molecule has 0 amide bonds. The fraction of sp³-hybridized carbons (Fsp3) is 0.400. The van der Waals surface area contributed by atoms with E-state index < -0.39 is 0 Å². The van der Waals surface area contributed by atoms with Gasteiger partial charge in [0.15, 0.2) is 0 Å². The highest BCUT2D eigenvalue weighted by Gasteiger charge is 1.99. The number of aliphatic hydroxyl groups excluding tert-OH is 1. The van der Waals surface area contributed by atoms with E-state index in [0.717, 1.165) is 29.8 Å². The molecule has 0 atom stereocenters. The molecular weight excluding hydrogens is 164 g/mol. The Morgan fingerprint density at radius 3 is 2.85 bits per heavy atom. The number of rotatable bonds is 4. The molecule has 1 aromatic rings. The Morgan fingerprint density at radius 1 is 1.46 bits per heavy atom. The number of hydrogen-bond donors (Lipinski definition) is 3. The highest BCUT2D eigenvalue weighted by atomic mass is 16.3. The topological polar surface area (TPSA) is 58.3 Å². The number of anilines is 2. The van der Waals surface area contributed by atoms with Gasteiger partial charge in [-0.05, 0) is 30.2 Å². The summed E-state index contributed by atoms with van der Waals surface area (Å²) in [4.78, 5) is 0. The molecule has 1 aromatic carbocycles. The lowest BCUT2D eigenvalue weighted by molar-refractivity contribution is 0.325. The Balaban J connectivity index is 2.83. The van der Waals surface area contributed by atoms with E-state index in [9.17, 15) is 0 Å². The van der Waals surface area contributed by atoms with E-state index in [4.69, 9.17) is 10.8 Å². The molecule has 3 nitrogen and oxygen atoms in total. The molecule has 0 spiro atoms. The van der Waals surface area contributed by atoms with Gasteiger partial charge in [0.1, 0.15) is 6.73 Å². The van der Waals surface area contributed by atoms with E-state index in [2.05, 4.69) is 12.2 Å². The maximum Gasteiger partial charge on any atom is 0.113 e. The molecule has 0 aromatic heterocycles. The summed E-state index contributed by atoms with van der Waals surface area (Å²) in [5.41, 5.74) is 8.66. The van der Waals surface area contributed by atoms with Crippen LogP contribution in [0.2, 0.25) is 0 Å². The van der Waals surface area contributed by atoms with Crippen molar-refractivity contribution in [3.8, 4) is 0 Å². The van der Waals surface area contributed by atoms with Crippen LogP contribution in [-0.2, 0) is 6.42 Å². The van der Waals surface area contributed by atoms with Crippen LogP contribution in [0.3, 0.4) is 0 Å². The fourth-order valence-electron chi connectivity index (χ4n) is 1.29. The maximum atomic E-state index is 8.67. The molecule has 0 saturated heterocycles. The molecule has 0 bridgehead atoms. The SMILES string of the molecule is CCCc1cc(NCO)ccc1N. The third-order valence-corrected chi connectivity index (χ3v) is 1.95. The Bertz CT molecular complexity index is 274. The summed E-state index contributed by atoms with van der Waals surface area (Å²) in [6.45, 7) is 2.07. The van der Waals surface area contributed by atoms with Crippen LogP contribution in [0.4, 0.5) is 11.4 Å². The molecule has 0 radical (unpaired) electrons. The number of nitrogens with one attached hydrogen (secondary N) is 1. The molecule has 3 heteroatoms. The lowest BCUT2D eigenvalue weighted by Crippen LogP contribution is -2.01. The second kappa shape index (κ2) is 4.72. The Kier molecular flexibility index (Phi) is 3.58. The van der Waals surface area contributed by atoms with Gasteiger partial charge in [0.05, 0.1) is 0 Å². The summed E-state index contributed by atoms with van der Waals surface area (Å²) in [6.07, 6.45) is 2.06. The molecule has 0 unspecified atom stereocenters. The first-order chi connectivity index (χ1) is 6.27. The Morgan fingerprint density at radius 2 is 2.23 bits per heavy atom.